The number of nitrogens with zero attached hydrogens (tertiary/aromatic N) is 2. The van der Waals surface area contributed by atoms with E-state index in [0.717, 1.165) is 17.8 Å². The van der Waals surface area contributed by atoms with Crippen LogP contribution < -0.4 is 21.5 Å². The Bertz CT molecular complexity index is 729. The Morgan fingerprint density at radius 2 is 2.12 bits per heavy atom. The van der Waals surface area contributed by atoms with Crippen molar-refractivity contribution in [3.8, 4) is 0 Å². The summed E-state index contributed by atoms with van der Waals surface area (Å²) in [6.07, 6.45) is 0.847. The lowest BCUT2D eigenvalue weighted by Crippen LogP contribution is -2.42. The average molecular weight is 398 g/mol. The van der Waals surface area contributed by atoms with Crippen molar-refractivity contribution >= 4 is 42.9 Å². The summed E-state index contributed by atoms with van der Waals surface area (Å²) in [6.45, 7) is 15.1. The van der Waals surface area contributed by atoms with E-state index in [-0.39, 0.29) is 22.5 Å². The molecule has 2 heterocycles. The average Bonchev–Trinajstić information content (AvgIpc) is 2.88. The van der Waals surface area contributed by atoms with E-state index in [4.69, 9.17) is 22.4 Å². The van der Waals surface area contributed by atoms with E-state index in [1.807, 2.05) is 11.8 Å². The minimum Gasteiger partial charge on any atom is -0.416 e. The number of hydrogen-bond donors (Lipinski definition) is 3. The Kier molecular flexibility index (Phi) is 6.14. The highest BCUT2D eigenvalue weighted by molar-refractivity contribution is 7.80. The van der Waals surface area contributed by atoms with Gasteiger partial charge in [-0.3, -0.25) is 9.78 Å². The lowest BCUT2D eigenvalue weighted by molar-refractivity contribution is 0.255. The van der Waals surface area contributed by atoms with Gasteiger partial charge < -0.3 is 20.4 Å². The molecular weight excluding hydrogens is 366 g/mol. The fourth-order valence-corrected chi connectivity index (χ4v) is 3.78. The molecule has 1 atom stereocenters. The molecule has 0 bridgehead atoms. The monoisotopic (exact) mass is 397 g/mol. The minimum atomic E-state index is -1.81. The first-order valence-electron chi connectivity index (χ1n) is 8.95. The van der Waals surface area contributed by atoms with Gasteiger partial charge in [-0.05, 0) is 36.3 Å². The third-order valence-corrected chi connectivity index (χ3v) is 10.3. The maximum absolute atomic E-state index is 11.9. The molecule has 1 aromatic heterocycles. The second-order valence-corrected chi connectivity index (χ2v) is 13.9. The van der Waals surface area contributed by atoms with Gasteiger partial charge in [0.2, 0.25) is 5.95 Å². The molecule has 26 heavy (non-hydrogen) atoms. The van der Waals surface area contributed by atoms with E-state index in [0.29, 0.717) is 24.8 Å². The molecule has 7 nitrogen and oxygen atoms in total. The van der Waals surface area contributed by atoms with Gasteiger partial charge in [-0.1, -0.05) is 33.0 Å². The lowest BCUT2D eigenvalue weighted by Gasteiger charge is -2.37. The normalized spacial score (nSPS) is 15.5. The van der Waals surface area contributed by atoms with E-state index >= 15 is 0 Å². The fourth-order valence-electron chi connectivity index (χ4n) is 2.54. The first-order valence-corrected chi connectivity index (χ1v) is 12.3. The molecule has 0 spiro atoms. The summed E-state index contributed by atoms with van der Waals surface area (Å²) >= 11 is 5.47. The van der Waals surface area contributed by atoms with E-state index < -0.39 is 8.32 Å². The van der Waals surface area contributed by atoms with Gasteiger partial charge in [0.15, 0.2) is 14.1 Å². The number of H-pyrrole nitrogens is 1. The fraction of sp³-hybridized carbons (Fsp3) is 0.706. The Labute approximate surface area is 161 Å². The zero-order valence-electron chi connectivity index (χ0n) is 16.6. The van der Waals surface area contributed by atoms with Crippen molar-refractivity contribution in [3.63, 3.8) is 0 Å². The number of aromatic nitrogens is 2. The zero-order chi connectivity index (χ0) is 19.7. The third-order valence-electron chi connectivity index (χ3n) is 5.44. The van der Waals surface area contributed by atoms with Crippen LogP contribution in [0.1, 0.15) is 34.1 Å². The van der Waals surface area contributed by atoms with Crippen LogP contribution in [0.3, 0.4) is 0 Å². The van der Waals surface area contributed by atoms with Crippen molar-refractivity contribution in [2.45, 2.75) is 52.2 Å². The van der Waals surface area contributed by atoms with Crippen molar-refractivity contribution < 1.29 is 4.43 Å². The summed E-state index contributed by atoms with van der Waals surface area (Å²) in [5.74, 6) is 0.936. The lowest BCUT2D eigenvalue weighted by atomic mass is 10.0. The standard InChI is InChI=1S/C17H31N5O2SSi/c1-11(25)12(9-24-26(5,6)17(2,3)4)7-8-22-10-19-13-14(22)20-16(18)21-15(13)23/h12,19H,7-10H2,1-6H3,(H3,18,20,21,23). The Hall–Kier alpha value is -1.45. The molecule has 0 saturated heterocycles. The molecule has 0 aromatic carbocycles. The quantitative estimate of drug-likeness (QED) is 0.481. The highest BCUT2D eigenvalue weighted by atomic mass is 32.1. The number of hydrogen-bond acceptors (Lipinski definition) is 7. The van der Waals surface area contributed by atoms with Gasteiger partial charge in [-0.2, -0.15) is 4.98 Å². The number of anilines is 3. The summed E-state index contributed by atoms with van der Waals surface area (Å²) in [5, 5.41) is 3.26. The van der Waals surface area contributed by atoms with Crippen LogP contribution in [0.4, 0.5) is 17.5 Å². The molecule has 0 fully saturated rings. The Morgan fingerprint density at radius 1 is 1.46 bits per heavy atom. The second-order valence-electron chi connectivity index (χ2n) is 8.42. The van der Waals surface area contributed by atoms with Crippen LogP contribution in [0.15, 0.2) is 4.79 Å². The van der Waals surface area contributed by atoms with Gasteiger partial charge in [0, 0.05) is 19.1 Å². The molecule has 1 aliphatic rings. The molecule has 1 unspecified atom stereocenters. The van der Waals surface area contributed by atoms with Gasteiger partial charge in [0.25, 0.3) is 5.56 Å². The summed E-state index contributed by atoms with van der Waals surface area (Å²) in [6, 6.07) is 0. The predicted octanol–water partition coefficient (Wildman–Crippen LogP) is 2.96. The number of nitrogens with two attached hydrogens (primary N) is 1. The van der Waals surface area contributed by atoms with E-state index in [1.54, 1.807) is 0 Å². The van der Waals surface area contributed by atoms with Crippen LogP contribution in [0.5, 0.6) is 0 Å². The van der Waals surface area contributed by atoms with Gasteiger partial charge >= 0.3 is 0 Å². The van der Waals surface area contributed by atoms with Crippen molar-refractivity contribution in [2.75, 3.05) is 35.8 Å². The van der Waals surface area contributed by atoms with Crippen LogP contribution in [-0.2, 0) is 4.43 Å². The highest BCUT2D eigenvalue weighted by Crippen LogP contribution is 2.37. The predicted molar refractivity (Wildman–Crippen MR) is 115 cm³/mol. The number of fused-ring (bicyclic) bond motifs is 1. The molecule has 1 aromatic rings. The number of nitrogens with one attached hydrogen (secondary N) is 2. The molecule has 0 saturated carbocycles. The molecule has 0 radical (unpaired) electrons. The molecular formula is C17H31N5O2SSi. The van der Waals surface area contributed by atoms with Crippen LogP contribution in [0.25, 0.3) is 0 Å². The number of rotatable bonds is 7. The largest absolute Gasteiger partial charge is 0.416 e. The first kappa shape index (κ1) is 20.9. The van der Waals surface area contributed by atoms with Crippen LogP contribution in [0.2, 0.25) is 18.1 Å². The zero-order valence-corrected chi connectivity index (χ0v) is 18.4. The number of nitrogen functional groups attached to an aromatic ring is 1. The maximum Gasteiger partial charge on any atom is 0.277 e. The SMILES string of the molecule is CC(=S)C(CCN1CNc2c1nc(N)[nH]c2=O)CO[Si](C)(C)C(C)(C)C. The van der Waals surface area contributed by atoms with Crippen LogP contribution >= 0.6 is 12.2 Å². The smallest absolute Gasteiger partial charge is 0.277 e. The minimum absolute atomic E-state index is 0.131. The van der Waals surface area contributed by atoms with E-state index in [9.17, 15) is 4.79 Å². The van der Waals surface area contributed by atoms with Crippen LogP contribution in [-0.4, -0.2) is 43.0 Å². The molecule has 1 aliphatic heterocycles. The van der Waals surface area contributed by atoms with E-state index in [2.05, 4.69) is 49.1 Å². The molecule has 2 rings (SSSR count). The van der Waals surface area contributed by atoms with Crippen molar-refractivity contribution in [1.29, 1.82) is 0 Å². The summed E-state index contributed by atoms with van der Waals surface area (Å²) in [4.78, 5) is 21.7. The van der Waals surface area contributed by atoms with Crippen molar-refractivity contribution in [3.05, 3.63) is 10.4 Å². The van der Waals surface area contributed by atoms with Crippen LogP contribution in [0, 0.1) is 5.92 Å². The van der Waals surface area contributed by atoms with Crippen molar-refractivity contribution in [2.24, 2.45) is 5.92 Å². The highest BCUT2D eigenvalue weighted by Gasteiger charge is 2.37. The van der Waals surface area contributed by atoms with Gasteiger partial charge in [0.1, 0.15) is 5.69 Å². The van der Waals surface area contributed by atoms with Gasteiger partial charge in [0.05, 0.1) is 6.67 Å². The number of aromatic amines is 1. The maximum atomic E-state index is 11.9. The molecule has 0 amide bonds. The molecule has 4 N–H and O–H groups in total. The summed E-state index contributed by atoms with van der Waals surface area (Å²) in [7, 11) is -1.81. The second kappa shape index (κ2) is 7.65. The summed E-state index contributed by atoms with van der Waals surface area (Å²) < 4.78 is 6.37. The summed E-state index contributed by atoms with van der Waals surface area (Å²) in [5.41, 5.74) is 5.92. The third kappa shape index (κ3) is 4.63. The molecule has 9 heteroatoms. The first-order chi connectivity index (χ1) is 11.9. The Morgan fingerprint density at radius 3 is 2.69 bits per heavy atom. The topological polar surface area (TPSA) is 96.3 Å². The molecule has 146 valence electrons. The Balaban J connectivity index is 2.01. The van der Waals surface area contributed by atoms with Crippen molar-refractivity contribution in [1.82, 2.24) is 9.97 Å². The van der Waals surface area contributed by atoms with E-state index in [1.165, 1.54) is 0 Å². The number of thiocarbonyl (C=S) groups is 1. The van der Waals surface area contributed by atoms with Gasteiger partial charge in [-0.25, -0.2) is 0 Å². The molecule has 0 aliphatic carbocycles. The van der Waals surface area contributed by atoms with Gasteiger partial charge in [-0.15, -0.1) is 0 Å².